The summed E-state index contributed by atoms with van der Waals surface area (Å²) >= 11 is 0. The van der Waals surface area contributed by atoms with Gasteiger partial charge < -0.3 is 5.73 Å². The van der Waals surface area contributed by atoms with Gasteiger partial charge in [0.25, 0.3) is 0 Å². The lowest BCUT2D eigenvalue weighted by molar-refractivity contribution is 0.0661. The van der Waals surface area contributed by atoms with Crippen molar-refractivity contribution in [1.29, 1.82) is 0 Å². The normalized spacial score (nSPS) is 15.5. The molecule has 2 heteroatoms. The molecule has 0 radical (unpaired) electrons. The molecule has 0 aromatic rings. The van der Waals surface area contributed by atoms with E-state index in [0.29, 0.717) is 6.04 Å². The van der Waals surface area contributed by atoms with Gasteiger partial charge in [-0.3, -0.25) is 4.90 Å². The summed E-state index contributed by atoms with van der Waals surface area (Å²) in [5.74, 6) is 0. The van der Waals surface area contributed by atoms with E-state index < -0.39 is 0 Å². The quantitative estimate of drug-likeness (QED) is 0.591. The molecule has 0 aliphatic carbocycles. The molecule has 0 aromatic heterocycles. The Kier molecular flexibility index (Phi) is 8.89. The maximum Gasteiger partial charge on any atom is 0.0306 e. The van der Waals surface area contributed by atoms with Crippen molar-refractivity contribution in [3.63, 3.8) is 0 Å². The lowest BCUT2D eigenvalue weighted by atomic mass is 9.90. The van der Waals surface area contributed by atoms with Crippen molar-refractivity contribution < 1.29 is 0 Å². The molecule has 0 heterocycles. The number of nitrogens with zero attached hydrogens (tertiary/aromatic N) is 1. The highest BCUT2D eigenvalue weighted by Gasteiger charge is 2.30. The molecule has 1 unspecified atom stereocenters. The molecule has 0 aromatic carbocycles. The summed E-state index contributed by atoms with van der Waals surface area (Å²) in [6.07, 6.45) is 7.78. The molecule has 104 valence electrons. The number of nitrogens with two attached hydrogens (primary N) is 1. The monoisotopic (exact) mass is 242 g/mol. The first-order valence-electron chi connectivity index (χ1n) is 7.48. The fourth-order valence-corrected chi connectivity index (χ4v) is 2.69. The van der Waals surface area contributed by atoms with E-state index in [1.165, 1.54) is 45.1 Å². The van der Waals surface area contributed by atoms with Gasteiger partial charge in [0.05, 0.1) is 0 Å². The van der Waals surface area contributed by atoms with Crippen LogP contribution < -0.4 is 5.73 Å². The molecule has 17 heavy (non-hydrogen) atoms. The third-order valence-corrected chi connectivity index (χ3v) is 3.79. The molecule has 1 atom stereocenters. The van der Waals surface area contributed by atoms with Crippen LogP contribution in [0.2, 0.25) is 0 Å². The zero-order valence-electron chi connectivity index (χ0n) is 12.8. The van der Waals surface area contributed by atoms with Gasteiger partial charge in [-0.1, -0.05) is 39.5 Å². The minimum Gasteiger partial charge on any atom is -0.329 e. The summed E-state index contributed by atoms with van der Waals surface area (Å²) < 4.78 is 0. The van der Waals surface area contributed by atoms with E-state index in [-0.39, 0.29) is 5.54 Å². The molecule has 0 spiro atoms. The largest absolute Gasteiger partial charge is 0.329 e. The van der Waals surface area contributed by atoms with Crippen LogP contribution in [-0.4, -0.2) is 29.6 Å². The highest BCUT2D eigenvalue weighted by atomic mass is 15.2. The zero-order valence-corrected chi connectivity index (χ0v) is 12.8. The van der Waals surface area contributed by atoms with Crippen LogP contribution >= 0.6 is 0 Å². The lowest BCUT2D eigenvalue weighted by Crippen LogP contribution is -2.54. The van der Waals surface area contributed by atoms with Crippen molar-refractivity contribution in [1.82, 2.24) is 4.90 Å². The van der Waals surface area contributed by atoms with Gasteiger partial charge in [0.2, 0.25) is 0 Å². The van der Waals surface area contributed by atoms with Crippen molar-refractivity contribution in [2.45, 2.75) is 84.7 Å². The molecule has 0 bridgehead atoms. The molecule has 0 aliphatic heterocycles. The summed E-state index contributed by atoms with van der Waals surface area (Å²) in [6.45, 7) is 13.4. The Hall–Kier alpha value is -0.0800. The topological polar surface area (TPSA) is 29.3 Å². The van der Waals surface area contributed by atoms with Gasteiger partial charge in [0.1, 0.15) is 0 Å². The van der Waals surface area contributed by atoms with Crippen molar-refractivity contribution in [2.75, 3.05) is 13.1 Å². The molecule has 2 N–H and O–H groups in total. The predicted molar refractivity (Wildman–Crippen MR) is 78.4 cm³/mol. The fraction of sp³-hybridized carbons (Fsp3) is 1.00. The standard InChI is InChI=1S/C15H34N2/c1-6-8-9-10-11-15(5,13-16)17(12-7-2)14(3)4/h14H,6-13,16H2,1-5H3. The Morgan fingerprint density at radius 1 is 1.06 bits per heavy atom. The van der Waals surface area contributed by atoms with Crippen LogP contribution in [0.25, 0.3) is 0 Å². The SMILES string of the molecule is CCCCCCC(C)(CN)N(CCC)C(C)C. The summed E-state index contributed by atoms with van der Waals surface area (Å²) in [5, 5.41) is 0. The van der Waals surface area contributed by atoms with Gasteiger partial charge in [-0.2, -0.15) is 0 Å². The van der Waals surface area contributed by atoms with Gasteiger partial charge in [0.15, 0.2) is 0 Å². The Bertz CT molecular complexity index is 180. The Morgan fingerprint density at radius 2 is 1.71 bits per heavy atom. The zero-order chi connectivity index (χ0) is 13.3. The molecule has 0 fully saturated rings. The van der Waals surface area contributed by atoms with Crippen LogP contribution in [0.4, 0.5) is 0 Å². The van der Waals surface area contributed by atoms with E-state index in [9.17, 15) is 0 Å². The van der Waals surface area contributed by atoms with Crippen LogP contribution in [0.5, 0.6) is 0 Å². The number of hydrogen-bond acceptors (Lipinski definition) is 2. The second kappa shape index (κ2) is 8.93. The van der Waals surface area contributed by atoms with Crippen LogP contribution in [-0.2, 0) is 0 Å². The van der Waals surface area contributed by atoms with Gasteiger partial charge in [-0.05, 0) is 40.2 Å². The summed E-state index contributed by atoms with van der Waals surface area (Å²) in [6, 6.07) is 0.592. The molecule has 0 rings (SSSR count). The first-order chi connectivity index (χ1) is 8.01. The van der Waals surface area contributed by atoms with Crippen LogP contribution in [0.3, 0.4) is 0 Å². The van der Waals surface area contributed by atoms with Gasteiger partial charge in [-0.25, -0.2) is 0 Å². The third-order valence-electron chi connectivity index (χ3n) is 3.79. The lowest BCUT2D eigenvalue weighted by Gasteiger charge is -2.43. The van der Waals surface area contributed by atoms with E-state index in [2.05, 4.69) is 39.5 Å². The first kappa shape index (κ1) is 16.9. The van der Waals surface area contributed by atoms with E-state index >= 15 is 0 Å². The molecular weight excluding hydrogens is 208 g/mol. The second-order valence-electron chi connectivity index (χ2n) is 5.80. The average Bonchev–Trinajstić information content (AvgIpc) is 2.31. The van der Waals surface area contributed by atoms with Crippen molar-refractivity contribution in [2.24, 2.45) is 5.73 Å². The molecule has 0 amide bonds. The molecule has 0 saturated heterocycles. The van der Waals surface area contributed by atoms with E-state index in [0.717, 1.165) is 6.54 Å². The molecule has 0 saturated carbocycles. The van der Waals surface area contributed by atoms with Crippen molar-refractivity contribution in [3.05, 3.63) is 0 Å². The summed E-state index contributed by atoms with van der Waals surface area (Å²) in [7, 11) is 0. The Labute approximate surface area is 109 Å². The third kappa shape index (κ3) is 5.87. The fourth-order valence-electron chi connectivity index (χ4n) is 2.69. The van der Waals surface area contributed by atoms with Crippen LogP contribution in [0.1, 0.15) is 73.1 Å². The number of rotatable bonds is 10. The highest BCUT2D eigenvalue weighted by Crippen LogP contribution is 2.24. The van der Waals surface area contributed by atoms with Crippen LogP contribution in [0.15, 0.2) is 0 Å². The highest BCUT2D eigenvalue weighted by molar-refractivity contribution is 4.89. The Balaban J connectivity index is 4.37. The number of hydrogen-bond donors (Lipinski definition) is 1. The minimum atomic E-state index is 0.192. The van der Waals surface area contributed by atoms with E-state index in [4.69, 9.17) is 5.73 Å². The second-order valence-corrected chi connectivity index (χ2v) is 5.80. The maximum atomic E-state index is 6.05. The predicted octanol–water partition coefficient (Wildman–Crippen LogP) is 3.79. The maximum absolute atomic E-state index is 6.05. The first-order valence-corrected chi connectivity index (χ1v) is 7.48. The minimum absolute atomic E-state index is 0.192. The molecule has 0 aliphatic rings. The molecular formula is C15H34N2. The van der Waals surface area contributed by atoms with Crippen LogP contribution in [0, 0.1) is 0 Å². The van der Waals surface area contributed by atoms with E-state index in [1.807, 2.05) is 0 Å². The van der Waals surface area contributed by atoms with E-state index in [1.54, 1.807) is 0 Å². The average molecular weight is 242 g/mol. The van der Waals surface area contributed by atoms with Crippen molar-refractivity contribution >= 4 is 0 Å². The van der Waals surface area contributed by atoms with Gasteiger partial charge in [-0.15, -0.1) is 0 Å². The number of unbranched alkanes of at least 4 members (excludes halogenated alkanes) is 3. The van der Waals surface area contributed by atoms with Gasteiger partial charge in [0, 0.05) is 18.1 Å². The van der Waals surface area contributed by atoms with Crippen molar-refractivity contribution in [3.8, 4) is 0 Å². The van der Waals surface area contributed by atoms with Gasteiger partial charge >= 0.3 is 0 Å². The summed E-state index contributed by atoms with van der Waals surface area (Å²) in [5.41, 5.74) is 6.24. The smallest absolute Gasteiger partial charge is 0.0306 e. The molecule has 2 nitrogen and oxygen atoms in total. The summed E-state index contributed by atoms with van der Waals surface area (Å²) in [4.78, 5) is 2.60. The Morgan fingerprint density at radius 3 is 2.12 bits per heavy atom.